The highest BCUT2D eigenvalue weighted by atomic mass is 16.7. The lowest BCUT2D eigenvalue weighted by Gasteiger charge is -2.32. The third-order valence-corrected chi connectivity index (χ3v) is 4.57. The van der Waals surface area contributed by atoms with Crippen molar-refractivity contribution in [1.82, 2.24) is 0 Å². The van der Waals surface area contributed by atoms with Crippen LogP contribution < -0.4 is 10.2 Å². The second kappa shape index (κ2) is 5.90. The minimum Gasteiger partial charge on any atom is -0.493 e. The molecule has 0 saturated carbocycles. The molecular weight excluding hydrogens is 275 g/mol. The zero-order valence-electron chi connectivity index (χ0n) is 15.2. The molecule has 1 fully saturated rings. The number of benzene rings is 1. The molecule has 0 N–H and O–H groups in total. The summed E-state index contributed by atoms with van der Waals surface area (Å²) >= 11 is 0. The van der Waals surface area contributed by atoms with E-state index >= 15 is 0 Å². The molecule has 0 amide bonds. The van der Waals surface area contributed by atoms with E-state index in [1.807, 2.05) is 0 Å². The van der Waals surface area contributed by atoms with Gasteiger partial charge in [-0.25, -0.2) is 0 Å². The van der Waals surface area contributed by atoms with E-state index in [2.05, 4.69) is 67.5 Å². The maximum Gasteiger partial charge on any atom is 0.494 e. The smallest absolute Gasteiger partial charge is 0.493 e. The van der Waals surface area contributed by atoms with Crippen LogP contribution in [0.2, 0.25) is 0 Å². The topological polar surface area (TPSA) is 27.7 Å². The van der Waals surface area contributed by atoms with Gasteiger partial charge < -0.3 is 14.0 Å². The summed E-state index contributed by atoms with van der Waals surface area (Å²) in [7, 11) is -0.318. The van der Waals surface area contributed by atoms with Crippen LogP contribution in [0.25, 0.3) is 0 Å². The second-order valence-corrected chi connectivity index (χ2v) is 7.78. The molecule has 1 aromatic rings. The van der Waals surface area contributed by atoms with Crippen molar-refractivity contribution in [2.24, 2.45) is 5.92 Å². The summed E-state index contributed by atoms with van der Waals surface area (Å²) in [6.45, 7) is 17.5. The Bertz CT molecular complexity index is 510. The van der Waals surface area contributed by atoms with Crippen molar-refractivity contribution in [1.29, 1.82) is 0 Å². The van der Waals surface area contributed by atoms with Gasteiger partial charge in [0, 0.05) is 0 Å². The van der Waals surface area contributed by atoms with Gasteiger partial charge in [-0.2, -0.15) is 0 Å². The number of hydrogen-bond acceptors (Lipinski definition) is 3. The Morgan fingerprint density at radius 2 is 1.45 bits per heavy atom. The van der Waals surface area contributed by atoms with Gasteiger partial charge >= 0.3 is 7.12 Å². The van der Waals surface area contributed by atoms with Gasteiger partial charge in [0.1, 0.15) is 5.75 Å². The number of ether oxygens (including phenoxy) is 1. The molecule has 1 aliphatic rings. The largest absolute Gasteiger partial charge is 0.494 e. The third kappa shape index (κ3) is 3.33. The van der Waals surface area contributed by atoms with Crippen LogP contribution in [0.3, 0.4) is 0 Å². The highest BCUT2D eigenvalue weighted by Crippen LogP contribution is 2.37. The predicted octanol–water partition coefficient (Wildman–Crippen LogP) is 3.64. The first-order chi connectivity index (χ1) is 10.0. The van der Waals surface area contributed by atoms with E-state index in [1.54, 1.807) is 0 Å². The molecular formula is C18H29BO3. The van der Waals surface area contributed by atoms with Crippen LogP contribution in [0.4, 0.5) is 0 Å². The van der Waals surface area contributed by atoms with Crippen LogP contribution >= 0.6 is 0 Å². The molecule has 22 heavy (non-hydrogen) atoms. The second-order valence-electron chi connectivity index (χ2n) is 7.78. The lowest BCUT2D eigenvalue weighted by atomic mass is 9.77. The molecule has 1 saturated heterocycles. The maximum absolute atomic E-state index is 6.14. The molecule has 0 spiro atoms. The van der Waals surface area contributed by atoms with Crippen molar-refractivity contribution >= 4 is 12.6 Å². The number of rotatable bonds is 4. The van der Waals surface area contributed by atoms with E-state index in [4.69, 9.17) is 14.0 Å². The fraction of sp³-hybridized carbons (Fsp3) is 0.667. The molecule has 0 aliphatic carbocycles. The molecule has 0 atom stereocenters. The van der Waals surface area contributed by atoms with Crippen molar-refractivity contribution in [2.45, 2.75) is 66.6 Å². The monoisotopic (exact) mass is 304 g/mol. The lowest BCUT2D eigenvalue weighted by Crippen LogP contribution is -2.41. The van der Waals surface area contributed by atoms with Crippen LogP contribution in [-0.2, 0) is 9.31 Å². The van der Waals surface area contributed by atoms with Crippen molar-refractivity contribution < 1.29 is 14.0 Å². The highest BCUT2D eigenvalue weighted by Gasteiger charge is 2.51. The maximum atomic E-state index is 6.14. The average molecular weight is 304 g/mol. The molecule has 0 bridgehead atoms. The van der Waals surface area contributed by atoms with E-state index in [0.717, 1.165) is 28.9 Å². The first kappa shape index (κ1) is 17.4. The summed E-state index contributed by atoms with van der Waals surface area (Å²) in [5.74, 6) is 1.50. The van der Waals surface area contributed by atoms with E-state index in [9.17, 15) is 0 Å². The fourth-order valence-corrected chi connectivity index (χ4v) is 2.58. The molecule has 0 radical (unpaired) electrons. The van der Waals surface area contributed by atoms with Crippen LogP contribution in [0.5, 0.6) is 5.75 Å². The van der Waals surface area contributed by atoms with E-state index in [-0.39, 0.29) is 18.3 Å². The summed E-state index contributed by atoms with van der Waals surface area (Å²) in [6, 6.07) is 4.23. The van der Waals surface area contributed by atoms with Crippen LogP contribution in [0, 0.1) is 19.8 Å². The Labute approximate surface area is 135 Å². The quantitative estimate of drug-likeness (QED) is 0.795. The van der Waals surface area contributed by atoms with Crippen LogP contribution in [-0.4, -0.2) is 24.9 Å². The van der Waals surface area contributed by atoms with Gasteiger partial charge in [0.05, 0.1) is 17.8 Å². The van der Waals surface area contributed by atoms with Crippen LogP contribution in [0.15, 0.2) is 12.1 Å². The molecule has 4 heteroatoms. The van der Waals surface area contributed by atoms with Gasteiger partial charge in [-0.1, -0.05) is 26.0 Å². The zero-order valence-corrected chi connectivity index (χ0v) is 15.2. The molecule has 1 aliphatic heterocycles. The summed E-state index contributed by atoms with van der Waals surface area (Å²) in [6.07, 6.45) is 0. The summed E-state index contributed by atoms with van der Waals surface area (Å²) in [5.41, 5.74) is 2.69. The van der Waals surface area contributed by atoms with Crippen molar-refractivity contribution in [2.75, 3.05) is 6.61 Å². The zero-order chi connectivity index (χ0) is 16.7. The standard InChI is InChI=1S/C18H29BO3/c1-12(2)11-20-16-13(3)9-15(10-14(16)4)19-21-17(5,6)18(7,8)22-19/h9-10,12H,11H2,1-8H3. The predicted molar refractivity (Wildman–Crippen MR) is 92.0 cm³/mol. The third-order valence-electron chi connectivity index (χ3n) is 4.57. The van der Waals surface area contributed by atoms with E-state index < -0.39 is 0 Å². The summed E-state index contributed by atoms with van der Waals surface area (Å²) in [5, 5.41) is 0. The summed E-state index contributed by atoms with van der Waals surface area (Å²) in [4.78, 5) is 0. The van der Waals surface area contributed by atoms with Gasteiger partial charge in [-0.05, 0) is 64.1 Å². The molecule has 1 aromatic carbocycles. The highest BCUT2D eigenvalue weighted by molar-refractivity contribution is 6.62. The molecule has 1 heterocycles. The SMILES string of the molecule is Cc1cc(B2OC(C)(C)C(C)(C)O2)cc(C)c1OCC(C)C. The Hall–Kier alpha value is -0.995. The van der Waals surface area contributed by atoms with Crippen LogP contribution in [0.1, 0.15) is 52.7 Å². The minimum absolute atomic E-state index is 0.313. The Balaban J connectivity index is 2.24. The molecule has 2 rings (SSSR count). The van der Waals surface area contributed by atoms with E-state index in [1.165, 1.54) is 0 Å². The normalized spacial score (nSPS) is 19.8. The first-order valence-electron chi connectivity index (χ1n) is 8.13. The van der Waals surface area contributed by atoms with Crippen molar-refractivity contribution in [3.05, 3.63) is 23.3 Å². The van der Waals surface area contributed by atoms with Crippen molar-refractivity contribution in [3.8, 4) is 5.75 Å². The van der Waals surface area contributed by atoms with Gasteiger partial charge in [0.15, 0.2) is 0 Å². The van der Waals surface area contributed by atoms with Gasteiger partial charge in [0.2, 0.25) is 0 Å². The minimum atomic E-state index is -0.318. The lowest BCUT2D eigenvalue weighted by molar-refractivity contribution is 0.00578. The molecule has 0 unspecified atom stereocenters. The van der Waals surface area contributed by atoms with Gasteiger partial charge in [0.25, 0.3) is 0 Å². The molecule has 122 valence electrons. The Morgan fingerprint density at radius 1 is 1.00 bits per heavy atom. The Morgan fingerprint density at radius 3 is 1.86 bits per heavy atom. The molecule has 3 nitrogen and oxygen atoms in total. The van der Waals surface area contributed by atoms with E-state index in [0.29, 0.717) is 5.92 Å². The number of hydrogen-bond donors (Lipinski definition) is 0. The van der Waals surface area contributed by atoms with Gasteiger partial charge in [-0.15, -0.1) is 0 Å². The number of aryl methyl sites for hydroxylation is 2. The summed E-state index contributed by atoms with van der Waals surface area (Å²) < 4.78 is 18.2. The fourth-order valence-electron chi connectivity index (χ4n) is 2.58. The molecule has 0 aromatic heterocycles. The Kier molecular flexibility index (Phi) is 4.65. The van der Waals surface area contributed by atoms with Gasteiger partial charge in [-0.3, -0.25) is 0 Å². The first-order valence-corrected chi connectivity index (χ1v) is 8.13. The van der Waals surface area contributed by atoms with Crippen molar-refractivity contribution in [3.63, 3.8) is 0 Å². The average Bonchev–Trinajstić information content (AvgIpc) is 2.57.